The van der Waals surface area contributed by atoms with Gasteiger partial charge in [-0.1, -0.05) is 29.8 Å². The number of pyridine rings is 1. The van der Waals surface area contributed by atoms with Gasteiger partial charge in [-0.15, -0.1) is 0 Å². The number of H-pyrrole nitrogens is 1. The predicted octanol–water partition coefficient (Wildman–Crippen LogP) is 2.99. The molecule has 0 radical (unpaired) electrons. The molecule has 1 aromatic carbocycles. The van der Waals surface area contributed by atoms with E-state index in [1.165, 1.54) is 0 Å². The molecule has 0 aliphatic heterocycles. The Bertz CT molecular complexity index is 698. The third-order valence-corrected chi connectivity index (χ3v) is 3.35. The summed E-state index contributed by atoms with van der Waals surface area (Å²) in [5, 5.41) is 9.76. The van der Waals surface area contributed by atoms with Gasteiger partial charge in [0.2, 0.25) is 0 Å². The molecule has 0 saturated heterocycles. The number of halogens is 1. The standard InChI is InChI=1S/C15H13ClN2O/c1-10-8-12(13(9-17)15(19)18-10)7-6-11-4-2-3-5-14(11)16/h2-5,8H,6-7H2,1H3,(H,18,19). The molecule has 3 nitrogen and oxygen atoms in total. The van der Waals surface area contributed by atoms with Gasteiger partial charge in [0, 0.05) is 10.7 Å². The highest BCUT2D eigenvalue weighted by atomic mass is 35.5. The van der Waals surface area contributed by atoms with Crippen molar-refractivity contribution in [3.05, 3.63) is 68.1 Å². The van der Waals surface area contributed by atoms with Crippen molar-refractivity contribution < 1.29 is 0 Å². The maximum Gasteiger partial charge on any atom is 0.266 e. The Morgan fingerprint density at radius 3 is 2.63 bits per heavy atom. The van der Waals surface area contributed by atoms with Crippen LogP contribution in [0.15, 0.2) is 35.1 Å². The lowest BCUT2D eigenvalue weighted by Crippen LogP contribution is -2.14. The molecule has 0 saturated carbocycles. The first-order chi connectivity index (χ1) is 9.11. The van der Waals surface area contributed by atoms with E-state index in [-0.39, 0.29) is 11.1 Å². The average molecular weight is 273 g/mol. The molecule has 0 amide bonds. The van der Waals surface area contributed by atoms with Crippen LogP contribution in [0.25, 0.3) is 0 Å². The quantitative estimate of drug-likeness (QED) is 0.934. The van der Waals surface area contributed by atoms with Crippen LogP contribution >= 0.6 is 11.6 Å². The minimum atomic E-state index is -0.323. The maximum atomic E-state index is 11.7. The van der Waals surface area contributed by atoms with Crippen molar-refractivity contribution in [2.75, 3.05) is 0 Å². The lowest BCUT2D eigenvalue weighted by atomic mass is 10.0. The van der Waals surface area contributed by atoms with Gasteiger partial charge in [-0.3, -0.25) is 4.79 Å². The molecule has 1 aromatic heterocycles. The second kappa shape index (κ2) is 5.73. The molecule has 4 heteroatoms. The number of aromatic nitrogens is 1. The van der Waals surface area contributed by atoms with Crippen molar-refractivity contribution in [1.29, 1.82) is 5.26 Å². The van der Waals surface area contributed by atoms with E-state index in [0.717, 1.165) is 16.8 Å². The van der Waals surface area contributed by atoms with Crippen LogP contribution in [0.2, 0.25) is 5.02 Å². The predicted molar refractivity (Wildman–Crippen MR) is 75.4 cm³/mol. The van der Waals surface area contributed by atoms with Gasteiger partial charge >= 0.3 is 0 Å². The summed E-state index contributed by atoms with van der Waals surface area (Å²) >= 11 is 6.09. The van der Waals surface area contributed by atoms with Crippen molar-refractivity contribution in [1.82, 2.24) is 4.98 Å². The molecule has 0 fully saturated rings. The van der Waals surface area contributed by atoms with Crippen LogP contribution < -0.4 is 5.56 Å². The fraction of sp³-hybridized carbons (Fsp3) is 0.200. The third kappa shape index (κ3) is 3.04. The molecule has 0 bridgehead atoms. The summed E-state index contributed by atoms with van der Waals surface area (Å²) in [6, 6.07) is 11.4. The van der Waals surface area contributed by atoms with Crippen LogP contribution in [0.1, 0.15) is 22.4 Å². The van der Waals surface area contributed by atoms with Gasteiger partial charge in [0.25, 0.3) is 5.56 Å². The fourth-order valence-corrected chi connectivity index (χ4v) is 2.28. The third-order valence-electron chi connectivity index (χ3n) is 2.98. The Morgan fingerprint density at radius 1 is 1.26 bits per heavy atom. The molecule has 0 unspecified atom stereocenters. The second-order valence-corrected chi connectivity index (χ2v) is 4.79. The van der Waals surface area contributed by atoms with Crippen LogP contribution in [0, 0.1) is 18.3 Å². The first-order valence-corrected chi connectivity index (χ1v) is 6.36. The zero-order chi connectivity index (χ0) is 13.8. The minimum absolute atomic E-state index is 0.192. The van der Waals surface area contributed by atoms with Crippen LogP contribution in [-0.2, 0) is 12.8 Å². The molecule has 0 aliphatic rings. The largest absolute Gasteiger partial charge is 0.325 e. The first-order valence-electron chi connectivity index (χ1n) is 5.98. The monoisotopic (exact) mass is 272 g/mol. The lowest BCUT2D eigenvalue weighted by molar-refractivity contribution is 0.937. The number of hydrogen-bond acceptors (Lipinski definition) is 2. The summed E-state index contributed by atoms with van der Waals surface area (Å²) < 4.78 is 0. The van der Waals surface area contributed by atoms with Gasteiger partial charge in [0.05, 0.1) is 0 Å². The number of nitriles is 1. The summed E-state index contributed by atoms with van der Waals surface area (Å²) in [5.74, 6) is 0. The van der Waals surface area contributed by atoms with Crippen molar-refractivity contribution in [2.24, 2.45) is 0 Å². The van der Waals surface area contributed by atoms with Crippen LogP contribution in [-0.4, -0.2) is 4.98 Å². The number of hydrogen-bond donors (Lipinski definition) is 1. The highest BCUT2D eigenvalue weighted by Crippen LogP contribution is 2.18. The van der Waals surface area contributed by atoms with E-state index in [1.54, 1.807) is 0 Å². The van der Waals surface area contributed by atoms with E-state index in [1.807, 2.05) is 43.3 Å². The van der Waals surface area contributed by atoms with Crippen LogP contribution in [0.5, 0.6) is 0 Å². The van der Waals surface area contributed by atoms with E-state index in [4.69, 9.17) is 16.9 Å². The smallest absolute Gasteiger partial charge is 0.266 e. The van der Waals surface area contributed by atoms with Gasteiger partial charge in [0.1, 0.15) is 11.6 Å². The summed E-state index contributed by atoms with van der Waals surface area (Å²) in [7, 11) is 0. The molecular weight excluding hydrogens is 260 g/mol. The number of rotatable bonds is 3. The zero-order valence-electron chi connectivity index (χ0n) is 10.5. The van der Waals surface area contributed by atoms with Crippen molar-refractivity contribution in [3.63, 3.8) is 0 Å². The molecule has 2 aromatic rings. The van der Waals surface area contributed by atoms with Crippen molar-refractivity contribution in [3.8, 4) is 6.07 Å². The summed E-state index contributed by atoms with van der Waals surface area (Å²) in [4.78, 5) is 14.3. The summed E-state index contributed by atoms with van der Waals surface area (Å²) in [5.41, 5.74) is 2.42. The Hall–Kier alpha value is -2.05. The van der Waals surface area contributed by atoms with E-state index < -0.39 is 0 Å². The molecule has 0 aliphatic carbocycles. The van der Waals surface area contributed by atoms with E-state index in [2.05, 4.69) is 4.98 Å². The Labute approximate surface area is 116 Å². The SMILES string of the molecule is Cc1cc(CCc2ccccc2Cl)c(C#N)c(=O)[nH]1. The number of aromatic amines is 1. The fourth-order valence-electron chi connectivity index (χ4n) is 2.05. The van der Waals surface area contributed by atoms with E-state index in [0.29, 0.717) is 17.9 Å². The lowest BCUT2D eigenvalue weighted by Gasteiger charge is -2.06. The molecule has 19 heavy (non-hydrogen) atoms. The van der Waals surface area contributed by atoms with Gasteiger partial charge in [-0.05, 0) is 43.0 Å². The summed E-state index contributed by atoms with van der Waals surface area (Å²) in [6.45, 7) is 1.81. The number of nitrogens with one attached hydrogen (secondary N) is 1. The van der Waals surface area contributed by atoms with Gasteiger partial charge < -0.3 is 4.98 Å². The molecule has 1 N–H and O–H groups in total. The van der Waals surface area contributed by atoms with Gasteiger partial charge in [0.15, 0.2) is 0 Å². The molecule has 2 rings (SSSR count). The number of benzene rings is 1. The number of nitrogens with zero attached hydrogens (tertiary/aromatic N) is 1. The van der Waals surface area contributed by atoms with E-state index >= 15 is 0 Å². The molecule has 0 spiro atoms. The Kier molecular flexibility index (Phi) is 4.03. The van der Waals surface area contributed by atoms with Crippen LogP contribution in [0.3, 0.4) is 0 Å². The van der Waals surface area contributed by atoms with Gasteiger partial charge in [-0.25, -0.2) is 0 Å². The maximum absolute atomic E-state index is 11.7. The molecular formula is C15H13ClN2O. The molecule has 96 valence electrons. The first kappa shape index (κ1) is 13.4. The average Bonchev–Trinajstić information content (AvgIpc) is 2.37. The normalized spacial score (nSPS) is 10.2. The van der Waals surface area contributed by atoms with E-state index in [9.17, 15) is 4.79 Å². The highest BCUT2D eigenvalue weighted by molar-refractivity contribution is 6.31. The zero-order valence-corrected chi connectivity index (χ0v) is 11.3. The second-order valence-electron chi connectivity index (χ2n) is 4.38. The summed E-state index contributed by atoms with van der Waals surface area (Å²) in [6.07, 6.45) is 1.33. The van der Waals surface area contributed by atoms with Crippen LogP contribution in [0.4, 0.5) is 0 Å². The van der Waals surface area contributed by atoms with Crippen molar-refractivity contribution >= 4 is 11.6 Å². The van der Waals surface area contributed by atoms with Gasteiger partial charge in [-0.2, -0.15) is 5.26 Å². The molecule has 1 heterocycles. The topological polar surface area (TPSA) is 56.6 Å². The highest BCUT2D eigenvalue weighted by Gasteiger charge is 2.09. The molecule has 0 atom stereocenters. The number of aryl methyl sites for hydroxylation is 3. The minimum Gasteiger partial charge on any atom is -0.325 e. The van der Waals surface area contributed by atoms with Crippen molar-refractivity contribution in [2.45, 2.75) is 19.8 Å². The Balaban J connectivity index is 2.28. The Morgan fingerprint density at radius 2 is 1.95 bits per heavy atom.